The van der Waals surface area contributed by atoms with Crippen molar-refractivity contribution in [3.8, 4) is 0 Å². The quantitative estimate of drug-likeness (QED) is 0.810. The summed E-state index contributed by atoms with van der Waals surface area (Å²) in [5.74, 6) is -0.351. The van der Waals surface area contributed by atoms with Gasteiger partial charge in [0.05, 0.1) is 12.3 Å². The summed E-state index contributed by atoms with van der Waals surface area (Å²) in [6.45, 7) is 3.98. The van der Waals surface area contributed by atoms with Crippen LogP contribution in [-0.2, 0) is 21.2 Å². The van der Waals surface area contributed by atoms with Gasteiger partial charge in [0.2, 0.25) is 15.9 Å². The van der Waals surface area contributed by atoms with Gasteiger partial charge in [-0.3, -0.25) is 4.79 Å². The van der Waals surface area contributed by atoms with Gasteiger partial charge in [0.1, 0.15) is 6.04 Å². The second-order valence-corrected chi connectivity index (χ2v) is 8.46. The van der Waals surface area contributed by atoms with Crippen molar-refractivity contribution in [3.63, 3.8) is 0 Å². The van der Waals surface area contributed by atoms with E-state index in [1.807, 2.05) is 37.3 Å². The van der Waals surface area contributed by atoms with Crippen LogP contribution in [0, 0.1) is 0 Å². The van der Waals surface area contributed by atoms with Gasteiger partial charge in [-0.25, -0.2) is 8.42 Å². The van der Waals surface area contributed by atoms with E-state index in [1.54, 1.807) is 24.3 Å². The van der Waals surface area contributed by atoms with E-state index in [1.165, 1.54) is 12.6 Å². The Morgan fingerprint density at radius 1 is 1.04 bits per heavy atom. The van der Waals surface area contributed by atoms with Crippen LogP contribution >= 0.6 is 0 Å². The van der Waals surface area contributed by atoms with Gasteiger partial charge < -0.3 is 5.32 Å². The molecule has 0 aliphatic carbocycles. The molecule has 0 aliphatic heterocycles. The Hall–Kier alpha value is -2.18. The lowest BCUT2D eigenvalue weighted by molar-refractivity contribution is -0.125. The zero-order valence-corrected chi connectivity index (χ0v) is 16.5. The van der Waals surface area contributed by atoms with Crippen LogP contribution in [0.4, 0.5) is 0 Å². The Morgan fingerprint density at radius 2 is 1.62 bits per heavy atom. The summed E-state index contributed by atoms with van der Waals surface area (Å²) >= 11 is 0. The summed E-state index contributed by atoms with van der Waals surface area (Å²) in [7, 11) is -2.11. The molecule has 0 aromatic heterocycles. The highest BCUT2D eigenvalue weighted by Crippen LogP contribution is 2.23. The van der Waals surface area contributed by atoms with Gasteiger partial charge in [-0.05, 0) is 30.0 Å². The summed E-state index contributed by atoms with van der Waals surface area (Å²) in [4.78, 5) is 12.9. The number of likely N-dealkylation sites (N-methyl/N-ethyl adjacent to an activating group) is 1. The molecule has 2 rings (SSSR count). The summed E-state index contributed by atoms with van der Waals surface area (Å²) in [5, 5.41) is 2.94. The molecule has 0 aliphatic rings. The van der Waals surface area contributed by atoms with E-state index < -0.39 is 16.1 Å². The van der Waals surface area contributed by atoms with Gasteiger partial charge in [0.25, 0.3) is 0 Å². The number of nitrogens with one attached hydrogen (secondary N) is 1. The van der Waals surface area contributed by atoms with Gasteiger partial charge in [-0.1, -0.05) is 61.5 Å². The summed E-state index contributed by atoms with van der Waals surface area (Å²) in [6, 6.07) is 15.8. The fourth-order valence-electron chi connectivity index (χ4n) is 2.77. The van der Waals surface area contributed by atoms with Crippen molar-refractivity contribution < 1.29 is 13.2 Å². The van der Waals surface area contributed by atoms with Crippen LogP contribution in [0.15, 0.2) is 54.6 Å². The number of carbonyl (C=O) groups is 1. The first-order chi connectivity index (χ1) is 12.2. The second kappa shape index (κ2) is 8.47. The predicted octanol–water partition coefficient (Wildman–Crippen LogP) is 3.06. The monoisotopic (exact) mass is 374 g/mol. The van der Waals surface area contributed by atoms with Gasteiger partial charge in [0, 0.05) is 7.05 Å². The van der Waals surface area contributed by atoms with Crippen LogP contribution in [0.2, 0.25) is 0 Å². The second-order valence-electron chi connectivity index (χ2n) is 6.42. The highest BCUT2D eigenvalue weighted by atomic mass is 32.2. The van der Waals surface area contributed by atoms with Crippen molar-refractivity contribution in [2.45, 2.75) is 32.4 Å². The number of rotatable bonds is 7. The Kier molecular flexibility index (Phi) is 6.56. The van der Waals surface area contributed by atoms with Gasteiger partial charge in [-0.15, -0.1) is 0 Å². The molecule has 0 unspecified atom stereocenters. The molecule has 6 heteroatoms. The minimum Gasteiger partial charge on any atom is -0.348 e. The van der Waals surface area contributed by atoms with Gasteiger partial charge in [0.15, 0.2) is 0 Å². The smallest absolute Gasteiger partial charge is 0.243 e. The minimum absolute atomic E-state index is 0.229. The number of sulfonamides is 1. The van der Waals surface area contributed by atoms with Crippen molar-refractivity contribution in [2.24, 2.45) is 0 Å². The van der Waals surface area contributed by atoms with Crippen molar-refractivity contribution in [3.05, 3.63) is 71.3 Å². The van der Waals surface area contributed by atoms with Crippen molar-refractivity contribution in [1.82, 2.24) is 9.62 Å². The van der Waals surface area contributed by atoms with E-state index in [0.29, 0.717) is 5.56 Å². The maximum absolute atomic E-state index is 12.9. The van der Waals surface area contributed by atoms with Crippen LogP contribution in [0.25, 0.3) is 0 Å². The zero-order chi connectivity index (χ0) is 19.3. The van der Waals surface area contributed by atoms with Crippen LogP contribution < -0.4 is 5.32 Å². The molecular formula is C20H26N2O3S. The molecule has 0 saturated carbocycles. The van der Waals surface area contributed by atoms with E-state index >= 15 is 0 Å². The number of amides is 1. The molecule has 0 heterocycles. The summed E-state index contributed by atoms with van der Waals surface area (Å²) in [5.41, 5.74) is 2.84. The Labute approximate surface area is 156 Å². The number of hydrogen-bond acceptors (Lipinski definition) is 3. The van der Waals surface area contributed by atoms with Gasteiger partial charge in [-0.2, -0.15) is 4.31 Å². The fourth-order valence-corrected chi connectivity index (χ4v) is 3.37. The SMILES string of the molecule is CCc1ccc([C@H](C)NC(=O)[C@H](c2ccccc2)N(C)S(C)(=O)=O)cc1. The molecular weight excluding hydrogens is 348 g/mol. The lowest BCUT2D eigenvalue weighted by Crippen LogP contribution is -2.42. The van der Waals surface area contributed by atoms with Crippen LogP contribution in [0.5, 0.6) is 0 Å². The maximum Gasteiger partial charge on any atom is 0.243 e. The number of aryl methyl sites for hydroxylation is 1. The average molecular weight is 375 g/mol. The molecule has 26 heavy (non-hydrogen) atoms. The highest BCUT2D eigenvalue weighted by molar-refractivity contribution is 7.88. The third-order valence-corrected chi connectivity index (χ3v) is 5.75. The molecule has 5 nitrogen and oxygen atoms in total. The van der Waals surface area contributed by atoms with Crippen LogP contribution in [0.1, 0.15) is 42.6 Å². The van der Waals surface area contributed by atoms with Crippen molar-refractivity contribution in [2.75, 3.05) is 13.3 Å². The highest BCUT2D eigenvalue weighted by Gasteiger charge is 2.31. The van der Waals surface area contributed by atoms with E-state index in [0.717, 1.165) is 22.5 Å². The molecule has 2 atom stereocenters. The topological polar surface area (TPSA) is 66.5 Å². The first kappa shape index (κ1) is 20.1. The lowest BCUT2D eigenvalue weighted by atomic mass is 10.0. The van der Waals surface area contributed by atoms with E-state index in [2.05, 4.69) is 12.2 Å². The molecule has 0 bridgehead atoms. The van der Waals surface area contributed by atoms with Crippen molar-refractivity contribution >= 4 is 15.9 Å². The molecule has 1 N–H and O–H groups in total. The number of nitrogens with zero attached hydrogens (tertiary/aromatic N) is 1. The third kappa shape index (κ3) is 4.93. The summed E-state index contributed by atoms with van der Waals surface area (Å²) in [6.07, 6.45) is 2.05. The number of hydrogen-bond donors (Lipinski definition) is 1. The van der Waals surface area contributed by atoms with E-state index in [4.69, 9.17) is 0 Å². The lowest BCUT2D eigenvalue weighted by Gasteiger charge is -2.27. The standard InChI is InChI=1S/C20H26N2O3S/c1-5-16-11-13-17(14-12-16)15(2)21-20(23)19(22(3)26(4,24)25)18-9-7-6-8-10-18/h6-15,19H,5H2,1-4H3,(H,21,23)/t15-,19-/m0/s1. The average Bonchev–Trinajstić information content (AvgIpc) is 2.62. The Bertz CT molecular complexity index is 833. The molecule has 2 aromatic carbocycles. The number of carbonyl (C=O) groups excluding carboxylic acids is 1. The minimum atomic E-state index is -3.53. The Balaban J connectivity index is 2.25. The first-order valence-corrected chi connectivity index (χ1v) is 10.5. The van der Waals surface area contributed by atoms with Crippen LogP contribution in [0.3, 0.4) is 0 Å². The molecule has 0 radical (unpaired) electrons. The zero-order valence-electron chi connectivity index (χ0n) is 15.6. The predicted molar refractivity (Wildman–Crippen MR) is 104 cm³/mol. The van der Waals surface area contributed by atoms with E-state index in [9.17, 15) is 13.2 Å². The first-order valence-electron chi connectivity index (χ1n) is 8.61. The van der Waals surface area contributed by atoms with Crippen molar-refractivity contribution in [1.29, 1.82) is 0 Å². The normalized spacial score (nSPS) is 14.0. The molecule has 1 amide bonds. The summed E-state index contributed by atoms with van der Waals surface area (Å²) < 4.78 is 25.1. The molecule has 140 valence electrons. The maximum atomic E-state index is 12.9. The van der Waals surface area contributed by atoms with Gasteiger partial charge >= 0.3 is 0 Å². The number of benzene rings is 2. The van der Waals surface area contributed by atoms with E-state index in [-0.39, 0.29) is 11.9 Å². The third-order valence-electron chi connectivity index (χ3n) is 4.50. The Morgan fingerprint density at radius 3 is 2.12 bits per heavy atom. The molecule has 0 saturated heterocycles. The molecule has 0 fully saturated rings. The fraction of sp³-hybridized carbons (Fsp3) is 0.350. The molecule has 0 spiro atoms. The molecule has 2 aromatic rings. The van der Waals surface area contributed by atoms with Crippen LogP contribution in [-0.4, -0.2) is 31.9 Å². The largest absolute Gasteiger partial charge is 0.348 e.